The summed E-state index contributed by atoms with van der Waals surface area (Å²) in [5.74, 6) is -0.483. The molecule has 0 aliphatic carbocycles. The fourth-order valence-electron chi connectivity index (χ4n) is 0.769. The Morgan fingerprint density at radius 2 is 2.07 bits per heavy atom. The third-order valence-corrected chi connectivity index (χ3v) is 1.22. The molecule has 0 aromatic carbocycles. The maximum atomic E-state index is 10.1. The summed E-state index contributed by atoms with van der Waals surface area (Å²) in [5, 5.41) is 26.4. The highest BCUT2D eigenvalue weighted by atomic mass is 16.7. The molecule has 0 bridgehead atoms. The Hall–Kier alpha value is -2.59. The van der Waals surface area contributed by atoms with Gasteiger partial charge in [-0.3, -0.25) is 9.61 Å². The van der Waals surface area contributed by atoms with Crippen molar-refractivity contribution in [2.75, 3.05) is 5.73 Å². The molecule has 0 radical (unpaired) electrons. The number of rotatable bonds is 2. The van der Waals surface area contributed by atoms with Crippen molar-refractivity contribution in [3.8, 4) is 0 Å². The van der Waals surface area contributed by atoms with Crippen LogP contribution < -0.4 is 5.73 Å². The molecule has 2 N–H and O–H groups in total. The molecular formula is C3H2N9O2-. The topological polar surface area (TPSA) is 152 Å². The Balaban J connectivity index is 2.55. The van der Waals surface area contributed by atoms with Crippen molar-refractivity contribution in [2.24, 2.45) is 0 Å². The lowest BCUT2D eigenvalue weighted by Gasteiger charge is -2.00. The third-order valence-electron chi connectivity index (χ3n) is 1.22. The van der Waals surface area contributed by atoms with Crippen LogP contribution in [0.15, 0.2) is 0 Å². The first-order valence-electron chi connectivity index (χ1n) is 3.24. The van der Waals surface area contributed by atoms with Gasteiger partial charge in [0.25, 0.3) is 0 Å². The molecule has 2 rings (SSSR count). The minimum atomic E-state index is -0.922. The van der Waals surface area contributed by atoms with Crippen molar-refractivity contribution in [3.63, 3.8) is 0 Å². The van der Waals surface area contributed by atoms with Crippen LogP contribution in [0.3, 0.4) is 0 Å². The molecule has 0 saturated carbocycles. The van der Waals surface area contributed by atoms with Gasteiger partial charge in [0.05, 0.1) is 0 Å². The largest absolute Gasteiger partial charge is 0.366 e. The van der Waals surface area contributed by atoms with E-state index in [0.29, 0.717) is 0 Å². The van der Waals surface area contributed by atoms with Gasteiger partial charge in [-0.2, -0.15) is 10.2 Å². The van der Waals surface area contributed by atoms with Gasteiger partial charge in [-0.25, -0.2) is 10.1 Å². The van der Waals surface area contributed by atoms with Gasteiger partial charge < -0.3 is 5.73 Å². The number of hydrogen-bond acceptors (Lipinski definition) is 8. The molecular weight excluding hydrogens is 194 g/mol. The maximum absolute atomic E-state index is 10.1. The first kappa shape index (κ1) is 8.03. The van der Waals surface area contributed by atoms with E-state index < -0.39 is 5.03 Å². The van der Waals surface area contributed by atoms with E-state index in [1.54, 1.807) is 0 Å². The van der Waals surface area contributed by atoms with Crippen molar-refractivity contribution >= 4 is 17.7 Å². The van der Waals surface area contributed by atoms with E-state index in [-0.39, 0.29) is 17.7 Å². The molecule has 0 atom stereocenters. The monoisotopic (exact) mass is 196 g/mol. The Bertz CT molecular complexity index is 490. The Morgan fingerprint density at radius 1 is 1.36 bits per heavy atom. The van der Waals surface area contributed by atoms with Crippen molar-refractivity contribution in [1.29, 1.82) is 0 Å². The zero-order chi connectivity index (χ0) is 10.1. The Kier molecular flexibility index (Phi) is 1.56. The van der Waals surface area contributed by atoms with E-state index in [4.69, 9.17) is 5.73 Å². The van der Waals surface area contributed by atoms with Crippen LogP contribution in [-0.4, -0.2) is 35.0 Å². The van der Waals surface area contributed by atoms with Gasteiger partial charge in [0.2, 0.25) is 11.7 Å². The second-order valence-electron chi connectivity index (χ2n) is 2.11. The summed E-state index contributed by atoms with van der Waals surface area (Å²) in [7, 11) is 0. The standard InChI is InChI=1S/C3H2N9O2/c4-1-5-6-2-7-8-3(10-12(13)14)11(2)9-1/h(H2-,4,8,9,10)/q-1. The lowest BCUT2D eigenvalue weighted by molar-refractivity contribution is -0.419. The fraction of sp³-hybridized carbons (Fsp3) is 0. The minimum absolute atomic E-state index is 0.0141. The lowest BCUT2D eigenvalue weighted by atomic mass is 11.0. The van der Waals surface area contributed by atoms with Gasteiger partial charge in [-0.15, -0.1) is 10.2 Å². The maximum Gasteiger partial charge on any atom is 0.245 e. The average Bonchev–Trinajstić information content (AvgIpc) is 2.47. The van der Waals surface area contributed by atoms with Crippen molar-refractivity contribution in [1.82, 2.24) is 30.0 Å². The van der Waals surface area contributed by atoms with Gasteiger partial charge in [-0.1, -0.05) is 5.43 Å². The van der Waals surface area contributed by atoms with Crippen LogP contribution in [0, 0.1) is 10.1 Å². The summed E-state index contributed by atoms with van der Waals surface area (Å²) in [4.78, 5) is 10.1. The number of nitrogens with two attached hydrogens (primary N) is 1. The van der Waals surface area contributed by atoms with Gasteiger partial charge in [0.1, 0.15) is 11.0 Å². The van der Waals surface area contributed by atoms with E-state index in [1.807, 2.05) is 0 Å². The summed E-state index contributed by atoms with van der Waals surface area (Å²) < 4.78 is 0.922. The second-order valence-corrected chi connectivity index (χ2v) is 2.11. The van der Waals surface area contributed by atoms with Crippen LogP contribution >= 0.6 is 0 Å². The number of nitro groups is 1. The summed E-state index contributed by atoms with van der Waals surface area (Å²) in [6.45, 7) is 0. The third kappa shape index (κ3) is 1.21. The number of fused-ring (bicyclic) bond motifs is 1. The minimum Gasteiger partial charge on any atom is -0.366 e. The molecule has 0 fully saturated rings. The van der Waals surface area contributed by atoms with E-state index in [9.17, 15) is 10.1 Å². The Morgan fingerprint density at radius 3 is 2.79 bits per heavy atom. The van der Waals surface area contributed by atoms with Crippen LogP contribution in [0.4, 0.5) is 11.9 Å². The average molecular weight is 196 g/mol. The highest BCUT2D eigenvalue weighted by Gasteiger charge is 2.03. The van der Waals surface area contributed by atoms with E-state index >= 15 is 0 Å². The number of hydrogen-bond donors (Lipinski definition) is 1. The smallest absolute Gasteiger partial charge is 0.245 e. The number of aromatic nitrogens is 6. The molecule has 2 aromatic heterocycles. The van der Waals surface area contributed by atoms with Gasteiger partial charge in [-0.05, 0) is 0 Å². The molecule has 14 heavy (non-hydrogen) atoms. The molecule has 0 unspecified atom stereocenters. The molecule has 0 aliphatic rings. The zero-order valence-electron chi connectivity index (χ0n) is 6.47. The molecule has 11 nitrogen and oxygen atoms in total. The van der Waals surface area contributed by atoms with Crippen LogP contribution in [0.25, 0.3) is 11.2 Å². The molecule has 2 aromatic rings. The van der Waals surface area contributed by atoms with Gasteiger partial charge >= 0.3 is 0 Å². The highest BCUT2D eigenvalue weighted by Crippen LogP contribution is 2.12. The number of anilines is 1. The lowest BCUT2D eigenvalue weighted by Crippen LogP contribution is -2.04. The zero-order valence-corrected chi connectivity index (χ0v) is 6.47. The SMILES string of the molecule is Nc1nnc2nnc([N-][N+](=O)[O-])n2n1. The highest BCUT2D eigenvalue weighted by molar-refractivity contribution is 5.37. The number of nitrogen functional groups attached to an aromatic ring is 1. The van der Waals surface area contributed by atoms with Crippen LogP contribution in [-0.2, 0) is 0 Å². The molecule has 11 heteroatoms. The van der Waals surface area contributed by atoms with Crippen molar-refractivity contribution in [3.05, 3.63) is 15.5 Å². The van der Waals surface area contributed by atoms with Gasteiger partial charge in [0, 0.05) is 0 Å². The first-order valence-corrected chi connectivity index (χ1v) is 3.24. The second kappa shape index (κ2) is 2.72. The molecule has 0 saturated heterocycles. The molecule has 0 aliphatic heterocycles. The summed E-state index contributed by atoms with van der Waals surface area (Å²) >= 11 is 0. The normalized spacial score (nSPS) is 10.3. The van der Waals surface area contributed by atoms with E-state index in [2.05, 4.69) is 30.9 Å². The number of nitrogens with zero attached hydrogens (tertiary/aromatic N) is 8. The van der Waals surface area contributed by atoms with Gasteiger partial charge in [0.15, 0.2) is 0 Å². The van der Waals surface area contributed by atoms with Crippen molar-refractivity contribution < 1.29 is 5.03 Å². The molecule has 2 heterocycles. The fourth-order valence-corrected chi connectivity index (χ4v) is 0.769. The van der Waals surface area contributed by atoms with E-state index in [0.717, 1.165) is 4.52 Å². The Labute approximate surface area is 75.1 Å². The molecule has 0 spiro atoms. The van der Waals surface area contributed by atoms with Crippen LogP contribution in [0.1, 0.15) is 0 Å². The quantitative estimate of drug-likeness (QED) is 0.459. The summed E-state index contributed by atoms with van der Waals surface area (Å²) in [6, 6.07) is 0. The van der Waals surface area contributed by atoms with Crippen LogP contribution in [0.2, 0.25) is 0 Å². The van der Waals surface area contributed by atoms with E-state index in [1.165, 1.54) is 0 Å². The predicted octanol–water partition coefficient (Wildman–Crippen LogP) is -1.31. The summed E-state index contributed by atoms with van der Waals surface area (Å²) in [5.41, 5.74) is 8.12. The predicted molar refractivity (Wildman–Crippen MR) is 40.8 cm³/mol. The molecule has 72 valence electrons. The first-order chi connectivity index (χ1) is 6.66. The molecule has 0 amide bonds. The van der Waals surface area contributed by atoms with Crippen molar-refractivity contribution in [2.45, 2.75) is 0 Å². The van der Waals surface area contributed by atoms with Crippen LogP contribution in [0.5, 0.6) is 0 Å². The summed E-state index contributed by atoms with van der Waals surface area (Å²) in [6.07, 6.45) is 0.